The number of carbonyl (C=O) groups excluding carboxylic acids is 2. The minimum Gasteiger partial charge on any atom is -0.348 e. The molecule has 2 amide bonds. The molecule has 0 aliphatic carbocycles. The molecule has 0 unspecified atom stereocenters. The highest BCUT2D eigenvalue weighted by Crippen LogP contribution is 2.26. The fraction of sp³-hybridized carbons (Fsp3) is 0.320. The maximum atomic E-state index is 14.0. The molecule has 1 aromatic carbocycles. The second kappa shape index (κ2) is 9.02. The number of halogens is 2. The van der Waals surface area contributed by atoms with E-state index in [1.807, 2.05) is 6.92 Å². The van der Waals surface area contributed by atoms with Crippen LogP contribution < -0.4 is 10.9 Å². The van der Waals surface area contributed by atoms with Crippen LogP contribution in [0.4, 0.5) is 4.39 Å². The minimum absolute atomic E-state index is 0.0438. The molecule has 0 bridgehead atoms. The fourth-order valence-electron chi connectivity index (χ4n) is 4.36. The van der Waals surface area contributed by atoms with Crippen molar-refractivity contribution in [3.05, 3.63) is 68.9 Å². The molecule has 1 saturated heterocycles. The zero-order valence-electron chi connectivity index (χ0n) is 19.8. The van der Waals surface area contributed by atoms with Crippen LogP contribution in [-0.4, -0.2) is 55.0 Å². The summed E-state index contributed by atoms with van der Waals surface area (Å²) in [6.07, 6.45) is 2.18. The average molecular weight is 511 g/mol. The smallest absolute Gasteiger partial charge is 0.265 e. The number of nitrogens with zero attached hydrogens (tertiary/aromatic N) is 4. The molecule has 4 aromatic rings. The summed E-state index contributed by atoms with van der Waals surface area (Å²) in [7, 11) is 0. The maximum absolute atomic E-state index is 14.0. The Hall–Kier alpha value is -3.79. The Morgan fingerprint density at radius 3 is 2.64 bits per heavy atom. The first-order chi connectivity index (χ1) is 17.1. The van der Waals surface area contributed by atoms with Crippen molar-refractivity contribution in [3.8, 4) is 0 Å². The minimum atomic E-state index is -1.44. The number of H-pyrrole nitrogens is 1. The first-order valence-corrected chi connectivity index (χ1v) is 11.9. The van der Waals surface area contributed by atoms with Crippen molar-refractivity contribution >= 4 is 45.5 Å². The molecular weight excluding hydrogens is 487 g/mol. The van der Waals surface area contributed by atoms with Crippen LogP contribution in [0.2, 0.25) is 5.02 Å². The highest BCUT2D eigenvalue weighted by Gasteiger charge is 2.41. The van der Waals surface area contributed by atoms with Gasteiger partial charge in [0.25, 0.3) is 11.5 Å². The zero-order chi connectivity index (χ0) is 25.6. The Morgan fingerprint density at radius 1 is 1.25 bits per heavy atom. The molecule has 3 aromatic heterocycles. The van der Waals surface area contributed by atoms with Gasteiger partial charge in [-0.25, -0.2) is 14.4 Å². The predicted molar refractivity (Wildman–Crippen MR) is 134 cm³/mol. The van der Waals surface area contributed by atoms with Crippen LogP contribution in [0.15, 0.2) is 41.3 Å². The number of amides is 2. The number of hydrogen-bond acceptors (Lipinski definition) is 5. The SMILES string of the molecule is CCc1nc2cnc3c(cc(C(=O)NCc4ccc(Cl)cc4)c(=O)n3CC(=O)N3CC(C)(F)C3)c2[nH]1. The van der Waals surface area contributed by atoms with Gasteiger partial charge in [-0.1, -0.05) is 30.7 Å². The van der Waals surface area contributed by atoms with Gasteiger partial charge in [0.2, 0.25) is 5.91 Å². The maximum Gasteiger partial charge on any atom is 0.265 e. The first kappa shape index (κ1) is 23.9. The molecule has 11 heteroatoms. The van der Waals surface area contributed by atoms with Crippen LogP contribution >= 0.6 is 11.6 Å². The third kappa shape index (κ3) is 4.44. The number of fused-ring (bicyclic) bond motifs is 3. The van der Waals surface area contributed by atoms with Gasteiger partial charge in [-0.05, 0) is 30.7 Å². The van der Waals surface area contributed by atoms with Crippen molar-refractivity contribution in [3.63, 3.8) is 0 Å². The topological polar surface area (TPSA) is 113 Å². The molecule has 0 spiro atoms. The monoisotopic (exact) mass is 510 g/mol. The van der Waals surface area contributed by atoms with Crippen LogP contribution in [0.5, 0.6) is 0 Å². The molecule has 1 aliphatic rings. The molecule has 0 atom stereocenters. The lowest BCUT2D eigenvalue weighted by Crippen LogP contribution is -2.60. The van der Waals surface area contributed by atoms with Crippen LogP contribution in [-0.2, 0) is 24.3 Å². The third-order valence-corrected chi connectivity index (χ3v) is 6.51. The second-order valence-electron chi connectivity index (χ2n) is 9.21. The van der Waals surface area contributed by atoms with E-state index in [9.17, 15) is 18.8 Å². The first-order valence-electron chi connectivity index (χ1n) is 11.6. The predicted octanol–water partition coefficient (Wildman–Crippen LogP) is 2.99. The van der Waals surface area contributed by atoms with Gasteiger partial charge in [0.15, 0.2) is 0 Å². The normalized spacial score (nSPS) is 14.7. The largest absolute Gasteiger partial charge is 0.348 e. The summed E-state index contributed by atoms with van der Waals surface area (Å²) in [5, 5.41) is 3.82. The number of imidazole rings is 1. The van der Waals surface area contributed by atoms with Crippen molar-refractivity contribution in [1.29, 1.82) is 0 Å². The Bertz CT molecular complexity index is 1550. The van der Waals surface area contributed by atoms with E-state index in [0.717, 1.165) is 11.4 Å². The third-order valence-electron chi connectivity index (χ3n) is 6.25. The molecule has 4 heterocycles. The Kier molecular flexibility index (Phi) is 5.99. The van der Waals surface area contributed by atoms with Crippen molar-refractivity contribution in [1.82, 2.24) is 29.7 Å². The van der Waals surface area contributed by atoms with Gasteiger partial charge in [-0.3, -0.25) is 19.0 Å². The van der Waals surface area contributed by atoms with Gasteiger partial charge in [0, 0.05) is 23.4 Å². The number of benzene rings is 1. The summed E-state index contributed by atoms with van der Waals surface area (Å²) in [5.74, 6) is -0.289. The summed E-state index contributed by atoms with van der Waals surface area (Å²) < 4.78 is 15.1. The lowest BCUT2D eigenvalue weighted by atomic mass is 9.99. The second-order valence-corrected chi connectivity index (χ2v) is 9.65. The number of alkyl halides is 1. The molecule has 186 valence electrons. The van der Waals surface area contributed by atoms with E-state index >= 15 is 0 Å². The van der Waals surface area contributed by atoms with Gasteiger partial charge in [-0.2, -0.15) is 0 Å². The number of aryl methyl sites for hydroxylation is 1. The number of pyridine rings is 2. The van der Waals surface area contributed by atoms with E-state index in [1.54, 1.807) is 24.3 Å². The number of carbonyl (C=O) groups is 2. The lowest BCUT2D eigenvalue weighted by molar-refractivity contribution is -0.144. The highest BCUT2D eigenvalue weighted by molar-refractivity contribution is 6.30. The number of hydrogen-bond donors (Lipinski definition) is 2. The van der Waals surface area contributed by atoms with Gasteiger partial charge < -0.3 is 15.2 Å². The number of aromatic nitrogens is 4. The number of aromatic amines is 1. The molecule has 36 heavy (non-hydrogen) atoms. The Balaban J connectivity index is 1.56. The van der Waals surface area contributed by atoms with Gasteiger partial charge in [0.05, 0.1) is 24.8 Å². The Morgan fingerprint density at radius 2 is 1.97 bits per heavy atom. The van der Waals surface area contributed by atoms with E-state index in [-0.39, 0.29) is 37.4 Å². The summed E-state index contributed by atoms with van der Waals surface area (Å²) >= 11 is 5.92. The van der Waals surface area contributed by atoms with Crippen molar-refractivity contribution in [2.75, 3.05) is 13.1 Å². The van der Waals surface area contributed by atoms with Crippen molar-refractivity contribution in [2.24, 2.45) is 0 Å². The molecule has 2 N–H and O–H groups in total. The van der Waals surface area contributed by atoms with Crippen LogP contribution in [0.25, 0.3) is 22.1 Å². The van der Waals surface area contributed by atoms with Gasteiger partial charge >= 0.3 is 0 Å². The molecule has 1 fully saturated rings. The van der Waals surface area contributed by atoms with Crippen molar-refractivity contribution in [2.45, 2.75) is 39.0 Å². The fourth-order valence-corrected chi connectivity index (χ4v) is 4.48. The van der Waals surface area contributed by atoms with Gasteiger partial charge in [-0.15, -0.1) is 0 Å². The van der Waals surface area contributed by atoms with Crippen LogP contribution in [0.3, 0.4) is 0 Å². The highest BCUT2D eigenvalue weighted by atomic mass is 35.5. The quantitative estimate of drug-likeness (QED) is 0.414. The lowest BCUT2D eigenvalue weighted by Gasteiger charge is -2.42. The summed E-state index contributed by atoms with van der Waals surface area (Å²) in [4.78, 5) is 52.9. The van der Waals surface area contributed by atoms with E-state index in [1.165, 1.54) is 28.7 Å². The molecular formula is C25H24ClFN6O3. The van der Waals surface area contributed by atoms with E-state index < -0.39 is 23.0 Å². The molecule has 9 nitrogen and oxygen atoms in total. The molecule has 1 aliphatic heterocycles. The average Bonchev–Trinajstić information content (AvgIpc) is 3.27. The van der Waals surface area contributed by atoms with Crippen LogP contribution in [0.1, 0.15) is 35.6 Å². The van der Waals surface area contributed by atoms with E-state index in [2.05, 4.69) is 20.3 Å². The molecule has 5 rings (SSSR count). The molecule has 0 saturated carbocycles. The zero-order valence-corrected chi connectivity index (χ0v) is 20.5. The van der Waals surface area contributed by atoms with Gasteiger partial charge in [0.1, 0.15) is 34.8 Å². The van der Waals surface area contributed by atoms with E-state index in [0.29, 0.717) is 27.9 Å². The summed E-state index contributed by atoms with van der Waals surface area (Å²) in [6, 6.07) is 8.45. The number of likely N-dealkylation sites (tertiary alicyclic amines) is 1. The molecule has 0 radical (unpaired) electrons. The Labute approximate surface area is 210 Å². The van der Waals surface area contributed by atoms with Crippen LogP contribution in [0, 0.1) is 0 Å². The van der Waals surface area contributed by atoms with E-state index in [4.69, 9.17) is 11.6 Å². The van der Waals surface area contributed by atoms with Crippen molar-refractivity contribution < 1.29 is 14.0 Å². The standard InChI is InChI=1S/C25H24ClFN6O3/c1-3-19-30-18-10-28-22-16(21(18)31-19)8-17(23(35)29-9-14-4-6-15(26)7-5-14)24(36)33(22)11-20(34)32-12-25(2,27)13-32/h4-8,10H,3,9,11-13H2,1-2H3,(H,29,35)(H,30,31). The number of nitrogens with one attached hydrogen (secondary N) is 2. The summed E-state index contributed by atoms with van der Waals surface area (Å²) in [6.45, 7) is 3.10. The summed E-state index contributed by atoms with van der Waals surface area (Å²) in [5.41, 5.74) is 0.0130. The number of rotatable bonds is 6.